The number of hydrogen-bond donors (Lipinski definition) is 2. The van der Waals surface area contributed by atoms with Gasteiger partial charge in [-0.3, -0.25) is 14.3 Å². The van der Waals surface area contributed by atoms with Crippen molar-refractivity contribution in [2.45, 2.75) is 114 Å². The fourth-order valence-corrected chi connectivity index (χ4v) is 6.93. The number of amides is 2. The number of carbonyl (C=O) groups is 2. The normalized spacial score (nSPS) is 19.5. The highest BCUT2D eigenvalue weighted by Crippen LogP contribution is 2.45. The Labute approximate surface area is 240 Å². The standard InChI is InChI=1S/C31H42F3N5O2/c1-38(22-11-2-3-12-22)18-17-20(19-26(40)36-21-9-8-10-21)27-28(30(35)41)37-39(23-13-4-5-14-23)29(27)24-15-6-7-16-25(24)31(32,33)34/h6-7,15-16,20-23H,2-5,8-14,17-19H2,1H3,(H2,35,41)(H,36,40). The zero-order valence-electron chi connectivity index (χ0n) is 23.9. The molecule has 0 aliphatic heterocycles. The van der Waals surface area contributed by atoms with E-state index in [1.807, 2.05) is 0 Å². The molecule has 3 saturated carbocycles. The van der Waals surface area contributed by atoms with Crippen molar-refractivity contribution in [1.82, 2.24) is 20.0 Å². The van der Waals surface area contributed by atoms with E-state index in [1.165, 1.54) is 25.0 Å². The Kier molecular flexibility index (Phi) is 9.06. The smallest absolute Gasteiger partial charge is 0.364 e. The molecule has 41 heavy (non-hydrogen) atoms. The molecule has 3 fully saturated rings. The van der Waals surface area contributed by atoms with Gasteiger partial charge in [0.05, 0.1) is 17.3 Å². The summed E-state index contributed by atoms with van der Waals surface area (Å²) in [5, 5.41) is 7.73. The Morgan fingerprint density at radius 3 is 2.32 bits per heavy atom. The second-order valence-corrected chi connectivity index (χ2v) is 12.2. The van der Waals surface area contributed by atoms with Gasteiger partial charge in [0.25, 0.3) is 5.91 Å². The summed E-state index contributed by atoms with van der Waals surface area (Å²) in [5.74, 6) is -1.45. The maximum Gasteiger partial charge on any atom is 0.417 e. The number of hydrogen-bond acceptors (Lipinski definition) is 4. The molecule has 3 N–H and O–H groups in total. The van der Waals surface area contributed by atoms with Crippen LogP contribution in [0, 0.1) is 0 Å². The zero-order valence-corrected chi connectivity index (χ0v) is 23.9. The third kappa shape index (κ3) is 6.63. The molecule has 3 aliphatic carbocycles. The molecular weight excluding hydrogens is 531 g/mol. The number of rotatable bonds is 11. The molecule has 0 bridgehead atoms. The molecule has 1 heterocycles. The Bertz CT molecular complexity index is 1230. The second kappa shape index (κ2) is 12.5. The molecule has 7 nitrogen and oxygen atoms in total. The molecule has 224 valence electrons. The summed E-state index contributed by atoms with van der Waals surface area (Å²) in [7, 11) is 2.07. The molecular formula is C31H42F3N5O2. The van der Waals surface area contributed by atoms with Gasteiger partial charge in [0.1, 0.15) is 0 Å². The van der Waals surface area contributed by atoms with Gasteiger partial charge in [0.2, 0.25) is 5.91 Å². The van der Waals surface area contributed by atoms with Crippen LogP contribution in [0.3, 0.4) is 0 Å². The van der Waals surface area contributed by atoms with Crippen molar-refractivity contribution in [3.8, 4) is 11.3 Å². The summed E-state index contributed by atoms with van der Waals surface area (Å²) >= 11 is 0. The summed E-state index contributed by atoms with van der Waals surface area (Å²) in [6.45, 7) is 0.652. The number of alkyl halides is 3. The molecule has 2 aromatic rings. The van der Waals surface area contributed by atoms with Crippen LogP contribution in [0.2, 0.25) is 0 Å². The van der Waals surface area contributed by atoms with Gasteiger partial charge in [-0.2, -0.15) is 18.3 Å². The van der Waals surface area contributed by atoms with Crippen LogP contribution in [-0.2, 0) is 11.0 Å². The van der Waals surface area contributed by atoms with E-state index in [2.05, 4.69) is 22.4 Å². The number of benzene rings is 1. The van der Waals surface area contributed by atoms with E-state index in [9.17, 15) is 22.8 Å². The first kappa shape index (κ1) is 29.6. The fraction of sp³-hybridized carbons (Fsp3) is 0.645. The van der Waals surface area contributed by atoms with Crippen LogP contribution in [0.1, 0.15) is 117 Å². The Morgan fingerprint density at radius 1 is 1.05 bits per heavy atom. The Morgan fingerprint density at radius 2 is 1.71 bits per heavy atom. The first-order valence-corrected chi connectivity index (χ1v) is 15.2. The van der Waals surface area contributed by atoms with E-state index in [4.69, 9.17) is 5.73 Å². The van der Waals surface area contributed by atoms with Crippen molar-refractivity contribution in [3.63, 3.8) is 0 Å². The molecule has 1 aromatic heterocycles. The fourth-order valence-electron chi connectivity index (χ4n) is 6.93. The molecule has 1 unspecified atom stereocenters. The summed E-state index contributed by atoms with van der Waals surface area (Å²) in [4.78, 5) is 28.5. The van der Waals surface area contributed by atoms with E-state index in [0.29, 0.717) is 24.6 Å². The van der Waals surface area contributed by atoms with E-state index in [1.54, 1.807) is 10.7 Å². The van der Waals surface area contributed by atoms with Crippen LogP contribution in [0.4, 0.5) is 13.2 Å². The molecule has 0 radical (unpaired) electrons. The Hall–Kier alpha value is -2.88. The van der Waals surface area contributed by atoms with E-state index in [0.717, 1.165) is 63.9 Å². The minimum absolute atomic E-state index is 0.0181. The van der Waals surface area contributed by atoms with Gasteiger partial charge >= 0.3 is 6.18 Å². The zero-order chi connectivity index (χ0) is 29.1. The molecule has 0 saturated heterocycles. The van der Waals surface area contributed by atoms with Gasteiger partial charge in [-0.15, -0.1) is 0 Å². The monoisotopic (exact) mass is 573 g/mol. The van der Waals surface area contributed by atoms with E-state index < -0.39 is 23.6 Å². The third-order valence-corrected chi connectivity index (χ3v) is 9.43. The molecule has 10 heteroatoms. The van der Waals surface area contributed by atoms with Gasteiger partial charge in [0, 0.05) is 29.6 Å². The number of halogens is 3. The van der Waals surface area contributed by atoms with Crippen LogP contribution < -0.4 is 11.1 Å². The predicted octanol–water partition coefficient (Wildman–Crippen LogP) is 6.19. The van der Waals surface area contributed by atoms with Crippen molar-refractivity contribution in [3.05, 3.63) is 41.1 Å². The highest BCUT2D eigenvalue weighted by Gasteiger charge is 2.39. The predicted molar refractivity (Wildman–Crippen MR) is 151 cm³/mol. The van der Waals surface area contributed by atoms with Crippen molar-refractivity contribution >= 4 is 11.8 Å². The second-order valence-electron chi connectivity index (χ2n) is 12.2. The maximum atomic E-state index is 14.4. The number of nitrogens with two attached hydrogens (primary N) is 1. The van der Waals surface area contributed by atoms with E-state index >= 15 is 0 Å². The number of carbonyl (C=O) groups excluding carboxylic acids is 2. The van der Waals surface area contributed by atoms with Gasteiger partial charge < -0.3 is 16.0 Å². The molecule has 1 aromatic carbocycles. The molecule has 2 amide bonds. The van der Waals surface area contributed by atoms with Gasteiger partial charge in [-0.1, -0.05) is 43.9 Å². The summed E-state index contributed by atoms with van der Waals surface area (Å²) < 4.78 is 44.8. The summed E-state index contributed by atoms with van der Waals surface area (Å²) in [5.41, 5.74) is 5.73. The number of aromatic nitrogens is 2. The van der Waals surface area contributed by atoms with Crippen LogP contribution in [0.15, 0.2) is 24.3 Å². The van der Waals surface area contributed by atoms with Gasteiger partial charge in [-0.05, 0) is 76.9 Å². The van der Waals surface area contributed by atoms with Crippen LogP contribution in [0.5, 0.6) is 0 Å². The average Bonchev–Trinajstić information content (AvgIpc) is 3.68. The molecule has 3 aliphatic rings. The minimum Gasteiger partial charge on any atom is -0.364 e. The number of nitrogens with zero attached hydrogens (tertiary/aromatic N) is 3. The average molecular weight is 574 g/mol. The van der Waals surface area contributed by atoms with Gasteiger partial charge in [-0.25, -0.2) is 0 Å². The number of nitrogens with one attached hydrogen (secondary N) is 1. The maximum absolute atomic E-state index is 14.4. The lowest BCUT2D eigenvalue weighted by Crippen LogP contribution is -2.40. The molecule has 5 rings (SSSR count). The van der Waals surface area contributed by atoms with Crippen molar-refractivity contribution < 1.29 is 22.8 Å². The van der Waals surface area contributed by atoms with Crippen LogP contribution >= 0.6 is 0 Å². The topological polar surface area (TPSA) is 93.2 Å². The first-order valence-electron chi connectivity index (χ1n) is 15.2. The Balaban J connectivity index is 1.62. The highest BCUT2D eigenvalue weighted by atomic mass is 19.4. The first-order chi connectivity index (χ1) is 19.6. The third-order valence-electron chi connectivity index (χ3n) is 9.43. The van der Waals surface area contributed by atoms with Gasteiger partial charge in [0.15, 0.2) is 5.69 Å². The summed E-state index contributed by atoms with van der Waals surface area (Å²) in [6.07, 6.45) is 6.86. The van der Waals surface area contributed by atoms with Crippen LogP contribution in [-0.4, -0.2) is 52.2 Å². The van der Waals surface area contributed by atoms with E-state index in [-0.39, 0.29) is 41.4 Å². The number of primary amides is 1. The van der Waals surface area contributed by atoms with Crippen molar-refractivity contribution in [1.29, 1.82) is 0 Å². The van der Waals surface area contributed by atoms with Crippen LogP contribution in [0.25, 0.3) is 11.3 Å². The minimum atomic E-state index is -4.61. The summed E-state index contributed by atoms with van der Waals surface area (Å²) in [6, 6.07) is 5.92. The lowest BCUT2D eigenvalue weighted by Gasteiger charge is -2.29. The largest absolute Gasteiger partial charge is 0.417 e. The quantitative estimate of drug-likeness (QED) is 0.335. The lowest BCUT2D eigenvalue weighted by atomic mass is 9.86. The highest BCUT2D eigenvalue weighted by molar-refractivity contribution is 5.95. The van der Waals surface area contributed by atoms with Crippen molar-refractivity contribution in [2.75, 3.05) is 13.6 Å². The molecule has 0 spiro atoms. The van der Waals surface area contributed by atoms with Crippen molar-refractivity contribution in [2.24, 2.45) is 5.73 Å². The lowest BCUT2D eigenvalue weighted by molar-refractivity contribution is -0.137. The SMILES string of the molecule is CN(CCC(CC(=O)NC1CCC1)c1c(C(N)=O)nn(C2CCCC2)c1-c1ccccc1C(F)(F)F)C1CCCC1. The molecule has 1 atom stereocenters.